The van der Waals surface area contributed by atoms with Crippen LogP contribution in [-0.2, 0) is 4.79 Å². The van der Waals surface area contributed by atoms with Crippen LogP contribution in [0.1, 0.15) is 41.7 Å². The predicted molar refractivity (Wildman–Crippen MR) is 117 cm³/mol. The van der Waals surface area contributed by atoms with Crippen molar-refractivity contribution < 1.29 is 27.2 Å². The van der Waals surface area contributed by atoms with Gasteiger partial charge in [0.05, 0.1) is 5.56 Å². The van der Waals surface area contributed by atoms with Crippen molar-refractivity contribution in [2.45, 2.75) is 38.9 Å². The Morgan fingerprint density at radius 3 is 2.56 bits per heavy atom. The van der Waals surface area contributed by atoms with Crippen molar-refractivity contribution in [3.8, 4) is 11.4 Å². The molecule has 1 fully saturated rings. The lowest BCUT2D eigenvalue weighted by Gasteiger charge is -2.18. The zero-order chi connectivity index (χ0) is 24.6. The first kappa shape index (κ1) is 23.4. The molecule has 0 bridgehead atoms. The number of carbonyl (C=O) groups is 2. The molecule has 0 aliphatic heterocycles. The molecule has 1 atom stereocenters. The summed E-state index contributed by atoms with van der Waals surface area (Å²) >= 11 is 0. The molecule has 0 spiro atoms. The van der Waals surface area contributed by atoms with E-state index in [9.17, 15) is 27.2 Å². The predicted octanol–water partition coefficient (Wildman–Crippen LogP) is 5.12. The zero-order valence-electron chi connectivity index (χ0n) is 18.3. The Kier molecular flexibility index (Phi) is 6.11. The van der Waals surface area contributed by atoms with Crippen molar-refractivity contribution in [2.75, 3.05) is 10.6 Å². The number of hydrogen-bond acceptors (Lipinski definition) is 4. The lowest BCUT2D eigenvalue weighted by molar-refractivity contribution is -0.162. The largest absolute Gasteiger partial charge is 0.408 e. The summed E-state index contributed by atoms with van der Waals surface area (Å²) in [6, 6.07) is 6.55. The first-order valence-electron chi connectivity index (χ1n) is 10.5. The summed E-state index contributed by atoms with van der Waals surface area (Å²) in [6.45, 7) is 2.60. The minimum absolute atomic E-state index is 0.0347. The van der Waals surface area contributed by atoms with Crippen molar-refractivity contribution in [3.05, 3.63) is 59.7 Å². The molecule has 1 heterocycles. The number of alkyl halides is 3. The second kappa shape index (κ2) is 8.88. The Morgan fingerprint density at radius 1 is 1.15 bits per heavy atom. The van der Waals surface area contributed by atoms with E-state index in [1.165, 1.54) is 30.3 Å². The van der Waals surface area contributed by atoms with Gasteiger partial charge in [0.15, 0.2) is 5.82 Å². The number of amides is 2. The molecule has 3 aromatic rings. The van der Waals surface area contributed by atoms with Gasteiger partial charge in [0.1, 0.15) is 18.2 Å². The van der Waals surface area contributed by atoms with Gasteiger partial charge < -0.3 is 15.2 Å². The van der Waals surface area contributed by atoms with Crippen LogP contribution in [0.5, 0.6) is 0 Å². The van der Waals surface area contributed by atoms with Crippen LogP contribution in [0.25, 0.3) is 11.4 Å². The van der Waals surface area contributed by atoms with Crippen LogP contribution in [0.3, 0.4) is 0 Å². The Morgan fingerprint density at radius 2 is 1.88 bits per heavy atom. The monoisotopic (exact) mass is 475 g/mol. The Bertz CT molecular complexity index is 1250. The Labute approximate surface area is 192 Å². The van der Waals surface area contributed by atoms with Crippen LogP contribution in [0.2, 0.25) is 0 Å². The minimum Gasteiger partial charge on any atom is -0.326 e. The number of nitrogens with one attached hydrogen (secondary N) is 2. The molecule has 2 amide bonds. The molecule has 178 valence electrons. The summed E-state index contributed by atoms with van der Waals surface area (Å²) in [7, 11) is 0. The molecule has 0 unspecified atom stereocenters. The average molecular weight is 475 g/mol. The maximum Gasteiger partial charge on any atom is 0.408 e. The summed E-state index contributed by atoms with van der Waals surface area (Å²) in [6.07, 6.45) is -1.92. The van der Waals surface area contributed by atoms with Crippen molar-refractivity contribution in [3.63, 3.8) is 0 Å². The van der Waals surface area contributed by atoms with E-state index in [-0.39, 0.29) is 34.5 Å². The van der Waals surface area contributed by atoms with E-state index in [0.717, 1.165) is 36.7 Å². The number of hydrogen-bond donors (Lipinski definition) is 2. The van der Waals surface area contributed by atoms with Gasteiger partial charge in [-0.05, 0) is 56.5 Å². The van der Waals surface area contributed by atoms with Gasteiger partial charge in [-0.1, -0.05) is 12.1 Å². The van der Waals surface area contributed by atoms with E-state index >= 15 is 0 Å². The second-order valence-corrected chi connectivity index (χ2v) is 8.22. The molecular formula is C23H21F4N5O2. The van der Waals surface area contributed by atoms with Crippen LogP contribution < -0.4 is 10.6 Å². The topological polar surface area (TPSA) is 88.9 Å². The molecule has 1 aliphatic carbocycles. The van der Waals surface area contributed by atoms with Gasteiger partial charge in [-0.2, -0.15) is 13.2 Å². The Balaban J connectivity index is 1.57. The molecule has 1 aromatic heterocycles. The molecule has 7 nitrogen and oxygen atoms in total. The lowest BCUT2D eigenvalue weighted by Crippen LogP contribution is -2.24. The van der Waals surface area contributed by atoms with Crippen molar-refractivity contribution in [2.24, 2.45) is 5.92 Å². The van der Waals surface area contributed by atoms with Crippen LogP contribution in [0.4, 0.5) is 28.9 Å². The van der Waals surface area contributed by atoms with Gasteiger partial charge >= 0.3 is 6.18 Å². The van der Waals surface area contributed by atoms with Crippen molar-refractivity contribution >= 4 is 23.2 Å². The fraction of sp³-hybridized carbons (Fsp3) is 0.304. The van der Waals surface area contributed by atoms with Gasteiger partial charge in [0.25, 0.3) is 5.91 Å². The van der Waals surface area contributed by atoms with E-state index < -0.39 is 23.9 Å². The number of aromatic nitrogens is 3. The van der Waals surface area contributed by atoms with Crippen LogP contribution >= 0.6 is 0 Å². The molecule has 2 aromatic carbocycles. The number of aryl methyl sites for hydroxylation is 1. The highest BCUT2D eigenvalue weighted by Gasteiger charge is 2.38. The van der Waals surface area contributed by atoms with E-state index in [1.54, 1.807) is 6.92 Å². The second-order valence-electron chi connectivity index (χ2n) is 8.22. The zero-order valence-corrected chi connectivity index (χ0v) is 18.3. The highest BCUT2D eigenvalue weighted by Crippen LogP contribution is 2.34. The van der Waals surface area contributed by atoms with Gasteiger partial charge in [-0.15, -0.1) is 10.2 Å². The normalized spacial score (nSPS) is 14.5. The fourth-order valence-electron chi connectivity index (χ4n) is 3.39. The molecule has 0 radical (unpaired) electrons. The smallest absolute Gasteiger partial charge is 0.326 e. The van der Waals surface area contributed by atoms with E-state index in [0.29, 0.717) is 11.3 Å². The minimum atomic E-state index is -4.50. The van der Waals surface area contributed by atoms with Crippen LogP contribution in [-0.4, -0.2) is 32.8 Å². The lowest BCUT2D eigenvalue weighted by atomic mass is 10.1. The standard InChI is InChI=1S/C23H21F4N5O2/c1-12-8-18(24)17(10-19(12)30-21(33)14-6-7-14)22(34)29-16-5-3-4-15(9-16)20-31-28-11-32(20)13(2)23(25,26)27/h3-5,8-11,13-14H,6-7H2,1-2H3,(H,29,34)(H,30,33)/t13-/m0/s1. The molecule has 34 heavy (non-hydrogen) atoms. The van der Waals surface area contributed by atoms with Crippen molar-refractivity contribution in [1.82, 2.24) is 14.8 Å². The van der Waals surface area contributed by atoms with Gasteiger partial charge in [0.2, 0.25) is 5.91 Å². The van der Waals surface area contributed by atoms with E-state index in [1.807, 2.05) is 0 Å². The SMILES string of the molecule is Cc1cc(F)c(C(=O)Nc2cccc(-c3nncn3[C@@H](C)C(F)(F)F)c2)cc1NC(=O)C1CC1. The van der Waals surface area contributed by atoms with Crippen LogP contribution in [0, 0.1) is 18.7 Å². The molecule has 0 saturated heterocycles. The third-order valence-corrected chi connectivity index (χ3v) is 5.61. The van der Waals surface area contributed by atoms with E-state index in [4.69, 9.17) is 0 Å². The molecular weight excluding hydrogens is 454 g/mol. The highest BCUT2D eigenvalue weighted by atomic mass is 19.4. The highest BCUT2D eigenvalue weighted by molar-refractivity contribution is 6.06. The quantitative estimate of drug-likeness (QED) is 0.485. The maximum absolute atomic E-state index is 14.5. The molecule has 1 aliphatic rings. The number of halogens is 4. The third kappa shape index (κ3) is 4.92. The van der Waals surface area contributed by atoms with Gasteiger partial charge in [-0.3, -0.25) is 9.59 Å². The summed E-state index contributed by atoms with van der Waals surface area (Å²) in [5, 5.41) is 12.6. The Hall–Kier alpha value is -3.76. The fourth-order valence-corrected chi connectivity index (χ4v) is 3.39. The van der Waals surface area contributed by atoms with Gasteiger partial charge in [-0.25, -0.2) is 4.39 Å². The molecule has 4 rings (SSSR count). The summed E-state index contributed by atoms with van der Waals surface area (Å²) < 4.78 is 55.0. The number of nitrogens with zero attached hydrogens (tertiary/aromatic N) is 3. The van der Waals surface area contributed by atoms with Crippen molar-refractivity contribution in [1.29, 1.82) is 0 Å². The summed E-state index contributed by atoms with van der Waals surface area (Å²) in [5.41, 5.74) is 1.04. The van der Waals surface area contributed by atoms with Crippen LogP contribution in [0.15, 0.2) is 42.7 Å². The molecule has 2 N–H and O–H groups in total. The van der Waals surface area contributed by atoms with Gasteiger partial charge in [0, 0.05) is 22.9 Å². The molecule has 1 saturated carbocycles. The third-order valence-electron chi connectivity index (χ3n) is 5.61. The maximum atomic E-state index is 14.5. The molecule has 11 heteroatoms. The summed E-state index contributed by atoms with van der Waals surface area (Å²) in [5.74, 6) is -1.82. The number of benzene rings is 2. The number of anilines is 2. The number of carbonyl (C=O) groups excluding carboxylic acids is 2. The summed E-state index contributed by atoms with van der Waals surface area (Å²) in [4.78, 5) is 24.9. The first-order valence-corrected chi connectivity index (χ1v) is 10.5. The first-order chi connectivity index (χ1) is 16.0. The van der Waals surface area contributed by atoms with E-state index in [2.05, 4.69) is 20.8 Å². The number of rotatable bonds is 6. The average Bonchev–Trinajstić information content (AvgIpc) is 3.51.